The van der Waals surface area contributed by atoms with Gasteiger partial charge in [-0.1, -0.05) is 19.3 Å². The Labute approximate surface area is 107 Å². The van der Waals surface area contributed by atoms with Gasteiger partial charge in [-0.15, -0.1) is 0 Å². The molecule has 0 atom stereocenters. The second kappa shape index (κ2) is 5.87. The predicted molar refractivity (Wildman–Crippen MR) is 70.1 cm³/mol. The molecule has 0 radical (unpaired) electrons. The summed E-state index contributed by atoms with van der Waals surface area (Å²) in [5, 5.41) is 9.51. The number of nitrogens with zero attached hydrogens (tertiary/aromatic N) is 2. The number of likely N-dealkylation sites (N-methyl/N-ethyl adjacent to an activating group) is 1. The van der Waals surface area contributed by atoms with Gasteiger partial charge in [-0.05, 0) is 30.5 Å². The van der Waals surface area contributed by atoms with Gasteiger partial charge in [0.2, 0.25) is 0 Å². The van der Waals surface area contributed by atoms with Crippen molar-refractivity contribution in [2.24, 2.45) is 0 Å². The molecule has 0 aliphatic heterocycles. The molecule has 1 aliphatic rings. The van der Waals surface area contributed by atoms with Gasteiger partial charge in [-0.3, -0.25) is 10.0 Å². The normalized spacial score (nSPS) is 17.2. The van der Waals surface area contributed by atoms with Crippen molar-refractivity contribution in [1.29, 1.82) is 0 Å². The van der Waals surface area contributed by atoms with Crippen molar-refractivity contribution < 1.29 is 10.0 Å². The van der Waals surface area contributed by atoms with Crippen LogP contribution in [-0.2, 0) is 4.79 Å². The number of aromatic nitrogens is 1. The molecule has 0 spiro atoms. The van der Waals surface area contributed by atoms with E-state index in [0.717, 1.165) is 5.56 Å². The Bertz CT molecular complexity index is 429. The molecule has 1 aromatic heterocycles. The van der Waals surface area contributed by atoms with E-state index in [1.807, 2.05) is 6.07 Å². The highest BCUT2D eigenvalue weighted by molar-refractivity contribution is 5.90. The first-order valence-electron chi connectivity index (χ1n) is 6.49. The Morgan fingerprint density at radius 3 is 2.83 bits per heavy atom. The summed E-state index contributed by atoms with van der Waals surface area (Å²) >= 11 is 0. The van der Waals surface area contributed by atoms with Crippen LogP contribution >= 0.6 is 0 Å². The molecule has 98 valence electrons. The summed E-state index contributed by atoms with van der Waals surface area (Å²) in [7, 11) is 1.32. The molecular weight excluding hydrogens is 228 g/mol. The number of amides is 1. The fraction of sp³-hybridized carbons (Fsp3) is 0.500. The third kappa shape index (κ3) is 3.23. The number of hydrogen-bond acceptors (Lipinski definition) is 2. The summed E-state index contributed by atoms with van der Waals surface area (Å²) in [4.78, 5) is 11.2. The van der Waals surface area contributed by atoms with E-state index < -0.39 is 5.91 Å². The summed E-state index contributed by atoms with van der Waals surface area (Å²) < 4.78 is 2.24. The van der Waals surface area contributed by atoms with Crippen LogP contribution in [0.2, 0.25) is 0 Å². The van der Waals surface area contributed by atoms with Crippen molar-refractivity contribution in [3.63, 3.8) is 0 Å². The summed E-state index contributed by atoms with van der Waals surface area (Å²) in [5.74, 6) is -0.416. The minimum atomic E-state index is -0.416. The molecule has 0 aromatic carbocycles. The molecule has 1 N–H and O–H groups in total. The lowest BCUT2D eigenvalue weighted by Crippen LogP contribution is -2.19. The van der Waals surface area contributed by atoms with Gasteiger partial charge in [0.25, 0.3) is 5.91 Å². The molecule has 4 nitrogen and oxygen atoms in total. The summed E-state index contributed by atoms with van der Waals surface area (Å²) in [6, 6.07) is 2.60. The largest absolute Gasteiger partial charge is 0.351 e. The fourth-order valence-corrected chi connectivity index (χ4v) is 2.41. The highest BCUT2D eigenvalue weighted by Crippen LogP contribution is 2.28. The molecule has 18 heavy (non-hydrogen) atoms. The van der Waals surface area contributed by atoms with Crippen LogP contribution in [0.4, 0.5) is 0 Å². The van der Waals surface area contributed by atoms with Gasteiger partial charge in [0, 0.05) is 31.6 Å². The van der Waals surface area contributed by atoms with Gasteiger partial charge >= 0.3 is 0 Å². The average Bonchev–Trinajstić information content (AvgIpc) is 2.85. The van der Waals surface area contributed by atoms with Crippen molar-refractivity contribution in [1.82, 2.24) is 9.63 Å². The number of hydrogen-bond donors (Lipinski definition) is 1. The molecular formula is C14H20N2O2. The lowest BCUT2D eigenvalue weighted by Gasteiger charge is -2.23. The molecule has 1 fully saturated rings. The van der Waals surface area contributed by atoms with E-state index in [2.05, 4.69) is 17.0 Å². The lowest BCUT2D eigenvalue weighted by molar-refractivity contribution is -0.153. The van der Waals surface area contributed by atoms with E-state index in [1.54, 1.807) is 6.08 Å². The maximum atomic E-state index is 11.2. The monoisotopic (exact) mass is 248 g/mol. The first-order chi connectivity index (χ1) is 8.66. The second-order valence-electron chi connectivity index (χ2n) is 4.88. The quantitative estimate of drug-likeness (QED) is 0.508. The average molecular weight is 248 g/mol. The van der Waals surface area contributed by atoms with Crippen molar-refractivity contribution in [2.45, 2.75) is 38.1 Å². The number of carbonyl (C=O) groups excluding carboxylic acids is 1. The van der Waals surface area contributed by atoms with Gasteiger partial charge in [-0.25, -0.2) is 5.06 Å². The van der Waals surface area contributed by atoms with Gasteiger partial charge in [-0.2, -0.15) is 0 Å². The van der Waals surface area contributed by atoms with Crippen LogP contribution < -0.4 is 0 Å². The van der Waals surface area contributed by atoms with Crippen LogP contribution in [0, 0.1) is 0 Å². The minimum Gasteiger partial charge on any atom is -0.351 e. The first-order valence-corrected chi connectivity index (χ1v) is 6.49. The summed E-state index contributed by atoms with van der Waals surface area (Å²) in [5.41, 5.74) is 0.996. The van der Waals surface area contributed by atoms with E-state index in [4.69, 9.17) is 5.21 Å². The Morgan fingerprint density at radius 2 is 2.17 bits per heavy atom. The third-order valence-corrected chi connectivity index (χ3v) is 3.47. The van der Waals surface area contributed by atoms with Gasteiger partial charge < -0.3 is 4.57 Å². The second-order valence-corrected chi connectivity index (χ2v) is 4.88. The maximum Gasteiger partial charge on any atom is 0.269 e. The van der Waals surface area contributed by atoms with Crippen molar-refractivity contribution in [2.75, 3.05) is 7.05 Å². The lowest BCUT2D eigenvalue weighted by atomic mass is 9.95. The van der Waals surface area contributed by atoms with Crippen LogP contribution in [0.25, 0.3) is 6.08 Å². The van der Waals surface area contributed by atoms with Crippen LogP contribution in [0.5, 0.6) is 0 Å². The zero-order valence-corrected chi connectivity index (χ0v) is 10.7. The van der Waals surface area contributed by atoms with Crippen molar-refractivity contribution >= 4 is 12.0 Å². The molecule has 1 amide bonds. The maximum absolute atomic E-state index is 11.2. The summed E-state index contributed by atoms with van der Waals surface area (Å²) in [6.07, 6.45) is 13.7. The topological polar surface area (TPSA) is 45.5 Å². The molecule has 0 saturated heterocycles. The highest BCUT2D eigenvalue weighted by atomic mass is 16.5. The Hall–Kier alpha value is -1.55. The van der Waals surface area contributed by atoms with E-state index in [1.165, 1.54) is 45.2 Å². The first kappa shape index (κ1) is 12.9. The molecule has 1 saturated carbocycles. The van der Waals surface area contributed by atoms with Gasteiger partial charge in [0.15, 0.2) is 0 Å². The smallest absolute Gasteiger partial charge is 0.269 e. The third-order valence-electron chi connectivity index (χ3n) is 3.47. The van der Waals surface area contributed by atoms with Crippen molar-refractivity contribution in [3.8, 4) is 0 Å². The van der Waals surface area contributed by atoms with Gasteiger partial charge in [0.1, 0.15) is 0 Å². The molecule has 1 aliphatic carbocycles. The van der Waals surface area contributed by atoms with Crippen LogP contribution in [0.1, 0.15) is 43.7 Å². The van der Waals surface area contributed by atoms with E-state index in [0.29, 0.717) is 11.1 Å². The number of hydroxylamine groups is 2. The van der Waals surface area contributed by atoms with Crippen molar-refractivity contribution in [3.05, 3.63) is 30.1 Å². The molecule has 1 heterocycles. The zero-order valence-electron chi connectivity index (χ0n) is 10.7. The Balaban J connectivity index is 1.99. The molecule has 2 rings (SSSR count). The van der Waals surface area contributed by atoms with Gasteiger partial charge in [0.05, 0.1) is 0 Å². The zero-order chi connectivity index (χ0) is 13.0. The van der Waals surface area contributed by atoms with Crippen LogP contribution in [0.15, 0.2) is 24.5 Å². The molecule has 4 heteroatoms. The Morgan fingerprint density at radius 1 is 1.44 bits per heavy atom. The fourth-order valence-electron chi connectivity index (χ4n) is 2.41. The Kier molecular flexibility index (Phi) is 4.20. The van der Waals surface area contributed by atoms with E-state index >= 15 is 0 Å². The predicted octanol–water partition coefficient (Wildman–Crippen LogP) is 2.85. The number of carbonyl (C=O) groups is 1. The highest BCUT2D eigenvalue weighted by Gasteiger charge is 2.14. The summed E-state index contributed by atoms with van der Waals surface area (Å²) in [6.45, 7) is 0. The number of rotatable bonds is 3. The van der Waals surface area contributed by atoms with Crippen LogP contribution in [-0.4, -0.2) is 27.8 Å². The molecule has 1 aromatic rings. The molecule has 0 bridgehead atoms. The van der Waals surface area contributed by atoms with E-state index in [-0.39, 0.29) is 0 Å². The van der Waals surface area contributed by atoms with E-state index in [9.17, 15) is 4.79 Å². The molecule has 0 unspecified atom stereocenters. The minimum absolute atomic E-state index is 0.416. The van der Waals surface area contributed by atoms with Crippen LogP contribution in [0.3, 0.4) is 0 Å². The standard InChI is InChI=1S/C14H20N2O2/c1-15(18)14(17)8-7-12-9-10-16(11-12)13-5-3-2-4-6-13/h7-11,13,18H,2-6H2,1H3. The SMILES string of the molecule is CN(O)C(=O)C=Cc1ccn(C2CCCCC2)c1.